The van der Waals surface area contributed by atoms with Crippen molar-refractivity contribution in [2.24, 2.45) is 5.92 Å². The standard InChI is InChI=1S/C21H22ClFN2O4/c1-28-18-11-17(19(29-2)10-16(18)22)24-21(27)14-9-20(26)25(12-14)8-7-13-3-5-15(23)6-4-13/h3-6,10-11,14H,7-9,12H2,1-2H3,(H,24,27). The molecule has 0 aliphatic carbocycles. The van der Waals surface area contributed by atoms with Crippen LogP contribution >= 0.6 is 11.6 Å². The maximum Gasteiger partial charge on any atom is 0.229 e. The van der Waals surface area contributed by atoms with Crippen molar-refractivity contribution in [3.05, 3.63) is 52.8 Å². The van der Waals surface area contributed by atoms with E-state index in [2.05, 4.69) is 5.32 Å². The van der Waals surface area contributed by atoms with Crippen LogP contribution in [0.4, 0.5) is 10.1 Å². The summed E-state index contributed by atoms with van der Waals surface area (Å²) in [6, 6.07) is 9.32. The van der Waals surface area contributed by atoms with Crippen LogP contribution in [0.3, 0.4) is 0 Å². The van der Waals surface area contributed by atoms with Gasteiger partial charge in [0.1, 0.15) is 17.3 Å². The van der Waals surface area contributed by atoms with Crippen molar-refractivity contribution < 1.29 is 23.5 Å². The number of hydrogen-bond donors (Lipinski definition) is 1. The summed E-state index contributed by atoms with van der Waals surface area (Å²) in [7, 11) is 2.96. The number of nitrogens with one attached hydrogen (secondary N) is 1. The van der Waals surface area contributed by atoms with Crippen molar-refractivity contribution >= 4 is 29.1 Å². The van der Waals surface area contributed by atoms with E-state index in [4.69, 9.17) is 21.1 Å². The minimum Gasteiger partial charge on any atom is -0.495 e. The van der Waals surface area contributed by atoms with Gasteiger partial charge in [0, 0.05) is 31.6 Å². The minimum atomic E-state index is -0.470. The highest BCUT2D eigenvalue weighted by atomic mass is 35.5. The summed E-state index contributed by atoms with van der Waals surface area (Å²) < 4.78 is 23.5. The Morgan fingerprint density at radius 3 is 2.55 bits per heavy atom. The fourth-order valence-electron chi connectivity index (χ4n) is 3.27. The molecule has 154 valence electrons. The largest absolute Gasteiger partial charge is 0.495 e. The predicted molar refractivity (Wildman–Crippen MR) is 108 cm³/mol. The number of benzene rings is 2. The van der Waals surface area contributed by atoms with Crippen LogP contribution in [0.2, 0.25) is 5.02 Å². The van der Waals surface area contributed by atoms with E-state index in [1.165, 1.54) is 26.4 Å². The summed E-state index contributed by atoms with van der Waals surface area (Å²) in [5.41, 5.74) is 1.36. The summed E-state index contributed by atoms with van der Waals surface area (Å²) >= 11 is 6.09. The molecule has 1 atom stereocenters. The molecule has 0 aromatic heterocycles. The summed E-state index contributed by atoms with van der Waals surface area (Å²) in [5.74, 6) is -0.301. The first-order valence-corrected chi connectivity index (χ1v) is 9.53. The summed E-state index contributed by atoms with van der Waals surface area (Å²) in [4.78, 5) is 26.7. The first-order valence-electron chi connectivity index (χ1n) is 9.16. The number of anilines is 1. The Bertz CT molecular complexity index is 904. The van der Waals surface area contributed by atoms with Gasteiger partial charge in [-0.3, -0.25) is 9.59 Å². The normalized spacial score (nSPS) is 16.1. The number of hydrogen-bond acceptors (Lipinski definition) is 4. The second-order valence-electron chi connectivity index (χ2n) is 6.79. The Morgan fingerprint density at radius 1 is 1.21 bits per heavy atom. The maximum absolute atomic E-state index is 13.0. The Kier molecular flexibility index (Phi) is 6.59. The van der Waals surface area contributed by atoms with Crippen LogP contribution in [0.25, 0.3) is 0 Å². The number of likely N-dealkylation sites (tertiary alicyclic amines) is 1. The summed E-state index contributed by atoms with van der Waals surface area (Å²) in [6.07, 6.45) is 0.741. The lowest BCUT2D eigenvalue weighted by molar-refractivity contribution is -0.128. The first-order chi connectivity index (χ1) is 13.9. The molecule has 0 radical (unpaired) electrons. The van der Waals surface area contributed by atoms with Crippen LogP contribution in [-0.4, -0.2) is 44.0 Å². The van der Waals surface area contributed by atoms with Gasteiger partial charge in [-0.15, -0.1) is 0 Å². The Hall–Kier alpha value is -2.80. The monoisotopic (exact) mass is 420 g/mol. The highest BCUT2D eigenvalue weighted by Crippen LogP contribution is 2.36. The predicted octanol–water partition coefficient (Wildman–Crippen LogP) is 3.53. The first kappa shape index (κ1) is 20.9. The lowest BCUT2D eigenvalue weighted by Crippen LogP contribution is -2.30. The van der Waals surface area contributed by atoms with Gasteiger partial charge < -0.3 is 19.7 Å². The van der Waals surface area contributed by atoms with Gasteiger partial charge in [-0.1, -0.05) is 23.7 Å². The van der Waals surface area contributed by atoms with E-state index >= 15 is 0 Å². The van der Waals surface area contributed by atoms with E-state index in [0.717, 1.165) is 5.56 Å². The van der Waals surface area contributed by atoms with Gasteiger partial charge >= 0.3 is 0 Å². The summed E-state index contributed by atoms with van der Waals surface area (Å²) in [5, 5.41) is 3.17. The molecule has 1 aliphatic rings. The van der Waals surface area contributed by atoms with Crippen molar-refractivity contribution in [1.29, 1.82) is 0 Å². The summed E-state index contributed by atoms with van der Waals surface area (Å²) in [6.45, 7) is 0.811. The zero-order valence-electron chi connectivity index (χ0n) is 16.2. The van der Waals surface area contributed by atoms with E-state index in [9.17, 15) is 14.0 Å². The average Bonchev–Trinajstić information content (AvgIpc) is 3.09. The zero-order valence-corrected chi connectivity index (χ0v) is 17.0. The van der Waals surface area contributed by atoms with E-state index in [0.29, 0.717) is 41.7 Å². The van der Waals surface area contributed by atoms with Gasteiger partial charge in [0.05, 0.1) is 30.8 Å². The molecule has 1 saturated heterocycles. The SMILES string of the molecule is COc1cc(NC(=O)C2CC(=O)N(CCc3ccc(F)cc3)C2)c(OC)cc1Cl. The van der Waals surface area contributed by atoms with Crippen molar-refractivity contribution in [3.8, 4) is 11.5 Å². The van der Waals surface area contributed by atoms with Crippen LogP contribution in [0.1, 0.15) is 12.0 Å². The smallest absolute Gasteiger partial charge is 0.229 e. The highest BCUT2D eigenvalue weighted by molar-refractivity contribution is 6.32. The van der Waals surface area contributed by atoms with Gasteiger partial charge in [-0.05, 0) is 24.1 Å². The van der Waals surface area contributed by atoms with Gasteiger partial charge in [0.15, 0.2) is 0 Å². The second-order valence-corrected chi connectivity index (χ2v) is 7.20. The molecule has 29 heavy (non-hydrogen) atoms. The number of rotatable bonds is 7. The van der Waals surface area contributed by atoms with Crippen molar-refractivity contribution in [1.82, 2.24) is 4.90 Å². The molecule has 0 saturated carbocycles. The number of carbonyl (C=O) groups excluding carboxylic acids is 2. The molecule has 1 heterocycles. The zero-order chi connectivity index (χ0) is 21.0. The molecule has 3 rings (SSSR count). The number of carbonyl (C=O) groups is 2. The van der Waals surface area contributed by atoms with Crippen LogP contribution in [-0.2, 0) is 16.0 Å². The minimum absolute atomic E-state index is 0.0760. The third-order valence-corrected chi connectivity index (χ3v) is 5.20. The molecule has 1 unspecified atom stereocenters. The molecule has 1 fully saturated rings. The molecule has 2 aromatic rings. The second kappa shape index (κ2) is 9.13. The number of methoxy groups -OCH3 is 2. The van der Waals surface area contributed by atoms with E-state index in [1.54, 1.807) is 29.2 Å². The molecule has 6 nitrogen and oxygen atoms in total. The van der Waals surface area contributed by atoms with Crippen molar-refractivity contribution in [2.45, 2.75) is 12.8 Å². The third kappa shape index (κ3) is 4.98. The van der Waals surface area contributed by atoms with Crippen LogP contribution in [0, 0.1) is 11.7 Å². The topological polar surface area (TPSA) is 67.9 Å². The lowest BCUT2D eigenvalue weighted by atomic mass is 10.1. The molecule has 0 spiro atoms. The van der Waals surface area contributed by atoms with Gasteiger partial charge in [-0.2, -0.15) is 0 Å². The molecule has 2 aromatic carbocycles. The lowest BCUT2D eigenvalue weighted by Gasteiger charge is -2.17. The molecule has 8 heteroatoms. The quantitative estimate of drug-likeness (QED) is 0.744. The Morgan fingerprint density at radius 2 is 1.90 bits per heavy atom. The van der Waals surface area contributed by atoms with E-state index in [-0.39, 0.29) is 24.1 Å². The van der Waals surface area contributed by atoms with Crippen molar-refractivity contribution in [3.63, 3.8) is 0 Å². The molecule has 2 amide bonds. The number of ether oxygens (including phenoxy) is 2. The average molecular weight is 421 g/mol. The Labute approximate surface area is 173 Å². The number of amides is 2. The number of nitrogens with zero attached hydrogens (tertiary/aromatic N) is 1. The maximum atomic E-state index is 13.0. The fraction of sp³-hybridized carbons (Fsp3) is 0.333. The molecule has 0 bridgehead atoms. The van der Waals surface area contributed by atoms with E-state index < -0.39 is 5.92 Å². The van der Waals surface area contributed by atoms with E-state index in [1.807, 2.05) is 0 Å². The van der Waals surface area contributed by atoms with Crippen LogP contribution < -0.4 is 14.8 Å². The number of halogens is 2. The van der Waals surface area contributed by atoms with Gasteiger partial charge in [0.25, 0.3) is 0 Å². The van der Waals surface area contributed by atoms with Crippen LogP contribution in [0.15, 0.2) is 36.4 Å². The molecule has 1 N–H and O–H groups in total. The van der Waals surface area contributed by atoms with Crippen molar-refractivity contribution in [2.75, 3.05) is 32.6 Å². The van der Waals surface area contributed by atoms with Gasteiger partial charge in [0.2, 0.25) is 11.8 Å². The van der Waals surface area contributed by atoms with Crippen LogP contribution in [0.5, 0.6) is 11.5 Å². The molecular formula is C21H22ClFN2O4. The Balaban J connectivity index is 1.62. The third-order valence-electron chi connectivity index (χ3n) is 4.90. The molecule has 1 aliphatic heterocycles. The van der Waals surface area contributed by atoms with Gasteiger partial charge in [-0.25, -0.2) is 4.39 Å². The fourth-order valence-corrected chi connectivity index (χ4v) is 3.50. The molecular weight excluding hydrogens is 399 g/mol. The highest BCUT2D eigenvalue weighted by Gasteiger charge is 2.34.